The maximum atomic E-state index is 5.90. The van der Waals surface area contributed by atoms with Gasteiger partial charge >= 0.3 is 0 Å². The van der Waals surface area contributed by atoms with Crippen molar-refractivity contribution < 1.29 is 0 Å². The highest BCUT2D eigenvalue weighted by Crippen LogP contribution is 2.17. The fourth-order valence-corrected chi connectivity index (χ4v) is 1.51. The summed E-state index contributed by atoms with van der Waals surface area (Å²) in [6.45, 7) is 0. The Morgan fingerprint density at radius 1 is 1.43 bits per heavy atom. The third kappa shape index (κ3) is 1.59. The van der Waals surface area contributed by atoms with Gasteiger partial charge in [0.2, 0.25) is 5.95 Å². The van der Waals surface area contributed by atoms with E-state index in [1.165, 1.54) is 0 Å². The second-order valence-corrected chi connectivity index (χ2v) is 3.29. The van der Waals surface area contributed by atoms with E-state index >= 15 is 0 Å². The van der Waals surface area contributed by atoms with Crippen LogP contribution in [-0.2, 0) is 0 Å². The van der Waals surface area contributed by atoms with Crippen LogP contribution >= 0.6 is 11.6 Å². The standard InChI is InChI=1S/C10H10ClN3/c1-12-10-13-5-6-14(10)9-4-2-3-8(11)7-9/h2-7H,1H3,(H,12,13). The predicted molar refractivity (Wildman–Crippen MR) is 58.1 cm³/mol. The number of rotatable bonds is 2. The molecular weight excluding hydrogens is 198 g/mol. The Labute approximate surface area is 87.3 Å². The minimum Gasteiger partial charge on any atom is -0.358 e. The molecule has 0 spiro atoms. The Bertz CT molecular complexity index is 436. The van der Waals surface area contributed by atoms with Crippen LogP contribution in [-0.4, -0.2) is 16.6 Å². The molecular formula is C10H10ClN3. The molecule has 1 aromatic heterocycles. The van der Waals surface area contributed by atoms with E-state index in [9.17, 15) is 0 Å². The van der Waals surface area contributed by atoms with Crippen molar-refractivity contribution >= 4 is 17.5 Å². The van der Waals surface area contributed by atoms with Gasteiger partial charge in [-0.3, -0.25) is 4.57 Å². The highest BCUT2D eigenvalue weighted by Gasteiger charge is 2.02. The van der Waals surface area contributed by atoms with E-state index < -0.39 is 0 Å². The number of hydrogen-bond acceptors (Lipinski definition) is 2. The molecule has 0 radical (unpaired) electrons. The maximum Gasteiger partial charge on any atom is 0.207 e. The van der Waals surface area contributed by atoms with Crippen LogP contribution in [0.2, 0.25) is 5.02 Å². The number of hydrogen-bond donors (Lipinski definition) is 1. The Kier molecular flexibility index (Phi) is 2.41. The number of anilines is 1. The molecule has 0 amide bonds. The average Bonchev–Trinajstić information content (AvgIpc) is 2.65. The molecule has 0 aliphatic heterocycles. The highest BCUT2D eigenvalue weighted by molar-refractivity contribution is 6.30. The molecule has 0 aliphatic carbocycles. The molecule has 0 unspecified atom stereocenters. The summed E-state index contributed by atoms with van der Waals surface area (Å²) in [7, 11) is 1.84. The van der Waals surface area contributed by atoms with E-state index in [1.807, 2.05) is 42.1 Å². The lowest BCUT2D eigenvalue weighted by Gasteiger charge is -2.06. The Hall–Kier alpha value is -1.48. The predicted octanol–water partition coefficient (Wildman–Crippen LogP) is 2.57. The van der Waals surface area contributed by atoms with E-state index in [2.05, 4.69) is 10.3 Å². The van der Waals surface area contributed by atoms with Gasteiger partial charge < -0.3 is 5.32 Å². The average molecular weight is 208 g/mol. The molecule has 0 bridgehead atoms. The minimum atomic E-state index is 0.721. The van der Waals surface area contributed by atoms with Gasteiger partial charge in [0.15, 0.2) is 0 Å². The largest absolute Gasteiger partial charge is 0.358 e. The van der Waals surface area contributed by atoms with E-state index in [4.69, 9.17) is 11.6 Å². The quantitative estimate of drug-likeness (QED) is 0.821. The van der Waals surface area contributed by atoms with Crippen LogP contribution in [0.15, 0.2) is 36.7 Å². The van der Waals surface area contributed by atoms with Crippen molar-refractivity contribution in [3.8, 4) is 5.69 Å². The molecule has 14 heavy (non-hydrogen) atoms. The molecule has 2 rings (SSSR count). The van der Waals surface area contributed by atoms with Crippen LogP contribution in [0.3, 0.4) is 0 Å². The van der Waals surface area contributed by atoms with Crippen molar-refractivity contribution in [2.75, 3.05) is 12.4 Å². The lowest BCUT2D eigenvalue weighted by atomic mass is 10.3. The lowest BCUT2D eigenvalue weighted by molar-refractivity contribution is 1.05. The van der Waals surface area contributed by atoms with Gasteiger partial charge in [-0.05, 0) is 18.2 Å². The molecule has 0 aliphatic rings. The van der Waals surface area contributed by atoms with Crippen molar-refractivity contribution in [2.24, 2.45) is 0 Å². The van der Waals surface area contributed by atoms with Crippen molar-refractivity contribution in [1.29, 1.82) is 0 Å². The molecule has 3 nitrogen and oxygen atoms in total. The van der Waals surface area contributed by atoms with Gasteiger partial charge in [-0.1, -0.05) is 17.7 Å². The summed E-state index contributed by atoms with van der Waals surface area (Å²) >= 11 is 5.90. The van der Waals surface area contributed by atoms with Crippen molar-refractivity contribution in [3.63, 3.8) is 0 Å². The summed E-state index contributed by atoms with van der Waals surface area (Å²) in [5, 5.41) is 3.72. The van der Waals surface area contributed by atoms with E-state index in [0.29, 0.717) is 0 Å². The Morgan fingerprint density at radius 3 is 3.00 bits per heavy atom. The van der Waals surface area contributed by atoms with Gasteiger partial charge in [-0.2, -0.15) is 0 Å². The first-order valence-corrected chi connectivity index (χ1v) is 4.66. The van der Waals surface area contributed by atoms with Crippen LogP contribution in [0.25, 0.3) is 5.69 Å². The second kappa shape index (κ2) is 3.72. The van der Waals surface area contributed by atoms with Gasteiger partial charge in [0.1, 0.15) is 0 Å². The molecule has 0 saturated heterocycles. The molecule has 0 fully saturated rings. The van der Waals surface area contributed by atoms with Gasteiger partial charge in [0.05, 0.1) is 0 Å². The number of imidazole rings is 1. The van der Waals surface area contributed by atoms with Crippen LogP contribution in [0.4, 0.5) is 5.95 Å². The maximum absolute atomic E-state index is 5.90. The van der Waals surface area contributed by atoms with Crippen LogP contribution in [0, 0.1) is 0 Å². The Morgan fingerprint density at radius 2 is 2.29 bits per heavy atom. The van der Waals surface area contributed by atoms with Gasteiger partial charge in [0.25, 0.3) is 0 Å². The summed E-state index contributed by atoms with van der Waals surface area (Å²) < 4.78 is 1.94. The van der Waals surface area contributed by atoms with Crippen molar-refractivity contribution in [3.05, 3.63) is 41.7 Å². The number of nitrogens with zero attached hydrogens (tertiary/aromatic N) is 2. The molecule has 1 aromatic carbocycles. The molecule has 0 saturated carbocycles. The fourth-order valence-electron chi connectivity index (χ4n) is 1.32. The van der Waals surface area contributed by atoms with E-state index in [1.54, 1.807) is 6.20 Å². The zero-order valence-electron chi connectivity index (χ0n) is 7.74. The molecule has 1 heterocycles. The monoisotopic (exact) mass is 207 g/mol. The zero-order chi connectivity index (χ0) is 9.97. The van der Waals surface area contributed by atoms with Crippen molar-refractivity contribution in [1.82, 2.24) is 9.55 Å². The fraction of sp³-hybridized carbons (Fsp3) is 0.100. The van der Waals surface area contributed by atoms with Gasteiger partial charge in [-0.25, -0.2) is 4.98 Å². The molecule has 1 N–H and O–H groups in total. The van der Waals surface area contributed by atoms with E-state index in [-0.39, 0.29) is 0 Å². The molecule has 2 aromatic rings. The third-order valence-electron chi connectivity index (χ3n) is 1.95. The molecule has 72 valence electrons. The number of halogens is 1. The van der Waals surface area contributed by atoms with Crippen LogP contribution in [0.5, 0.6) is 0 Å². The van der Waals surface area contributed by atoms with Crippen molar-refractivity contribution in [2.45, 2.75) is 0 Å². The highest BCUT2D eigenvalue weighted by atomic mass is 35.5. The molecule has 0 atom stereocenters. The summed E-state index contributed by atoms with van der Waals surface area (Å²) in [4.78, 5) is 4.15. The summed E-state index contributed by atoms with van der Waals surface area (Å²) in [5.41, 5.74) is 0.999. The van der Waals surface area contributed by atoms with E-state index in [0.717, 1.165) is 16.7 Å². The van der Waals surface area contributed by atoms with Crippen LogP contribution < -0.4 is 5.32 Å². The number of nitrogens with one attached hydrogen (secondary N) is 1. The number of aromatic nitrogens is 2. The van der Waals surface area contributed by atoms with Gasteiger partial charge in [-0.15, -0.1) is 0 Å². The second-order valence-electron chi connectivity index (χ2n) is 2.85. The van der Waals surface area contributed by atoms with Gasteiger partial charge in [0, 0.05) is 30.2 Å². The number of benzene rings is 1. The third-order valence-corrected chi connectivity index (χ3v) is 2.19. The Balaban J connectivity index is 2.49. The summed E-state index contributed by atoms with van der Waals surface area (Å²) in [6.07, 6.45) is 3.63. The molecule has 4 heteroatoms. The first-order valence-electron chi connectivity index (χ1n) is 4.28. The zero-order valence-corrected chi connectivity index (χ0v) is 8.49. The smallest absolute Gasteiger partial charge is 0.207 e. The first-order chi connectivity index (χ1) is 6.81. The lowest BCUT2D eigenvalue weighted by Crippen LogP contribution is -2.00. The summed E-state index contributed by atoms with van der Waals surface area (Å²) in [5.74, 6) is 0.798. The minimum absolute atomic E-state index is 0.721. The summed E-state index contributed by atoms with van der Waals surface area (Å²) in [6, 6.07) is 7.64. The normalized spacial score (nSPS) is 10.1. The first kappa shape index (κ1) is 9.09. The SMILES string of the molecule is CNc1nccn1-c1cccc(Cl)c1. The van der Waals surface area contributed by atoms with Crippen LogP contribution in [0.1, 0.15) is 0 Å². The topological polar surface area (TPSA) is 29.9 Å².